The van der Waals surface area contributed by atoms with E-state index >= 15 is 0 Å². The quantitative estimate of drug-likeness (QED) is 0.760. The predicted octanol–water partition coefficient (Wildman–Crippen LogP) is 2.00. The Morgan fingerprint density at radius 3 is 3.00 bits per heavy atom. The molecule has 138 valence electrons. The molecule has 3 aromatic rings. The van der Waals surface area contributed by atoms with E-state index in [0.717, 1.165) is 0 Å². The number of rotatable bonds is 4. The summed E-state index contributed by atoms with van der Waals surface area (Å²) in [5.41, 5.74) is 2.06. The fraction of sp³-hybridized carbons (Fsp3) is 0.222. The second kappa shape index (κ2) is 6.67. The van der Waals surface area contributed by atoms with Gasteiger partial charge in [-0.25, -0.2) is 18.7 Å². The Morgan fingerprint density at radius 2 is 2.22 bits per heavy atom. The number of cyclic esters (lactones) is 1. The van der Waals surface area contributed by atoms with Crippen LogP contribution in [0.3, 0.4) is 0 Å². The summed E-state index contributed by atoms with van der Waals surface area (Å²) in [5, 5.41) is 6.62. The van der Waals surface area contributed by atoms with Crippen LogP contribution in [0.4, 0.5) is 14.9 Å². The molecule has 2 aromatic heterocycles. The summed E-state index contributed by atoms with van der Waals surface area (Å²) in [6.45, 7) is 1.85. The lowest BCUT2D eigenvalue weighted by atomic mass is 10.1. The molecule has 1 aromatic carbocycles. The number of hydrogen-bond donors (Lipinski definition) is 1. The highest BCUT2D eigenvalue weighted by Gasteiger charge is 2.32. The van der Waals surface area contributed by atoms with Gasteiger partial charge >= 0.3 is 6.09 Å². The maximum Gasteiger partial charge on any atom is 0.414 e. The smallest absolute Gasteiger partial charge is 0.414 e. The van der Waals surface area contributed by atoms with E-state index in [2.05, 4.69) is 15.4 Å². The first-order valence-corrected chi connectivity index (χ1v) is 8.33. The van der Waals surface area contributed by atoms with Gasteiger partial charge in [0.2, 0.25) is 5.91 Å². The highest BCUT2D eigenvalue weighted by atomic mass is 19.1. The van der Waals surface area contributed by atoms with Crippen molar-refractivity contribution in [1.29, 1.82) is 0 Å². The van der Waals surface area contributed by atoms with Gasteiger partial charge < -0.3 is 10.1 Å². The summed E-state index contributed by atoms with van der Waals surface area (Å²) >= 11 is 0. The molecule has 3 heterocycles. The summed E-state index contributed by atoms with van der Waals surface area (Å²) in [6.07, 6.45) is 2.09. The molecule has 0 bridgehead atoms. The third-order valence-electron chi connectivity index (χ3n) is 4.31. The van der Waals surface area contributed by atoms with Crippen LogP contribution < -0.4 is 10.2 Å². The van der Waals surface area contributed by atoms with Gasteiger partial charge in [0.1, 0.15) is 18.2 Å². The second-order valence-corrected chi connectivity index (χ2v) is 6.20. The Kier molecular flexibility index (Phi) is 4.19. The number of aromatic nitrogens is 3. The average Bonchev–Trinajstić information content (AvgIpc) is 3.25. The number of nitrogens with one attached hydrogen (secondary N) is 1. The Morgan fingerprint density at radius 1 is 1.37 bits per heavy atom. The van der Waals surface area contributed by atoms with Crippen LogP contribution in [-0.2, 0) is 9.53 Å². The molecule has 0 radical (unpaired) electrons. The Balaban J connectivity index is 1.56. The van der Waals surface area contributed by atoms with Gasteiger partial charge in [-0.1, -0.05) is 0 Å². The largest absolute Gasteiger partial charge is 0.442 e. The summed E-state index contributed by atoms with van der Waals surface area (Å²) in [6, 6.07) is 8.05. The Hall–Kier alpha value is -3.49. The summed E-state index contributed by atoms with van der Waals surface area (Å²) in [4.78, 5) is 28.5. The van der Waals surface area contributed by atoms with Crippen LogP contribution in [0.2, 0.25) is 0 Å². The molecule has 2 amide bonds. The lowest BCUT2D eigenvalue weighted by Gasteiger charge is -2.14. The second-order valence-electron chi connectivity index (χ2n) is 6.20. The number of amides is 2. The van der Waals surface area contributed by atoms with Crippen molar-refractivity contribution in [1.82, 2.24) is 19.9 Å². The maximum absolute atomic E-state index is 14.7. The van der Waals surface area contributed by atoms with Crippen molar-refractivity contribution in [3.05, 3.63) is 48.7 Å². The highest BCUT2D eigenvalue weighted by molar-refractivity contribution is 5.90. The summed E-state index contributed by atoms with van der Waals surface area (Å²) < 4.78 is 21.5. The molecule has 4 rings (SSSR count). The molecule has 27 heavy (non-hydrogen) atoms. The molecule has 1 aliphatic rings. The van der Waals surface area contributed by atoms with Gasteiger partial charge in [-0.3, -0.25) is 9.69 Å². The number of pyridine rings is 1. The first-order chi connectivity index (χ1) is 13.0. The van der Waals surface area contributed by atoms with Gasteiger partial charge in [0.15, 0.2) is 5.65 Å². The minimum absolute atomic E-state index is 0.204. The molecule has 1 fully saturated rings. The molecule has 0 spiro atoms. The van der Waals surface area contributed by atoms with E-state index in [0.29, 0.717) is 22.5 Å². The van der Waals surface area contributed by atoms with Crippen molar-refractivity contribution in [2.75, 3.05) is 18.0 Å². The van der Waals surface area contributed by atoms with Crippen LogP contribution in [0.1, 0.15) is 6.92 Å². The molecular formula is C18H16FN5O3. The van der Waals surface area contributed by atoms with Gasteiger partial charge in [0, 0.05) is 18.7 Å². The van der Waals surface area contributed by atoms with E-state index < -0.39 is 18.0 Å². The van der Waals surface area contributed by atoms with Gasteiger partial charge in [0.25, 0.3) is 0 Å². The molecule has 1 N–H and O–H groups in total. The molecule has 1 atom stereocenters. The minimum Gasteiger partial charge on any atom is -0.442 e. The van der Waals surface area contributed by atoms with Gasteiger partial charge in [0.05, 0.1) is 18.8 Å². The van der Waals surface area contributed by atoms with E-state index in [1.54, 1.807) is 35.0 Å². The van der Waals surface area contributed by atoms with Crippen LogP contribution in [-0.4, -0.2) is 45.8 Å². The van der Waals surface area contributed by atoms with Crippen LogP contribution in [0.25, 0.3) is 16.8 Å². The van der Waals surface area contributed by atoms with Crippen molar-refractivity contribution >= 4 is 23.3 Å². The number of benzene rings is 1. The van der Waals surface area contributed by atoms with Crippen molar-refractivity contribution in [2.24, 2.45) is 0 Å². The standard InChI is InChI=1S/C18H16FN5O3/c1-11(25)20-8-14-9-23(18(26)27-14)13-2-3-15(16(19)7-13)12-4-5-24-17(6-12)21-10-22-24/h2-7,10,14H,8-9H2,1H3,(H,20,25)/t14-/m0/s1. The van der Waals surface area contributed by atoms with Gasteiger partial charge in [-0.2, -0.15) is 5.10 Å². The summed E-state index contributed by atoms with van der Waals surface area (Å²) in [5.74, 6) is -0.668. The van der Waals surface area contributed by atoms with E-state index in [9.17, 15) is 14.0 Å². The number of anilines is 1. The lowest BCUT2D eigenvalue weighted by molar-refractivity contribution is -0.119. The topological polar surface area (TPSA) is 88.8 Å². The van der Waals surface area contributed by atoms with Gasteiger partial charge in [-0.15, -0.1) is 0 Å². The number of fused-ring (bicyclic) bond motifs is 1. The van der Waals surface area contributed by atoms with Crippen LogP contribution in [0.5, 0.6) is 0 Å². The molecular weight excluding hydrogens is 353 g/mol. The molecule has 8 nitrogen and oxygen atoms in total. The number of carbonyl (C=O) groups excluding carboxylic acids is 2. The molecule has 1 saturated heterocycles. The SMILES string of the molecule is CC(=O)NC[C@H]1CN(c2ccc(-c3ccn4ncnc4c3)c(F)c2)C(=O)O1. The van der Waals surface area contributed by atoms with Crippen molar-refractivity contribution < 1.29 is 18.7 Å². The number of nitrogens with zero attached hydrogens (tertiary/aromatic N) is 4. The first-order valence-electron chi connectivity index (χ1n) is 8.33. The molecule has 9 heteroatoms. The highest BCUT2D eigenvalue weighted by Crippen LogP contribution is 2.29. The molecule has 0 unspecified atom stereocenters. The lowest BCUT2D eigenvalue weighted by Crippen LogP contribution is -2.33. The van der Waals surface area contributed by atoms with Crippen LogP contribution in [0, 0.1) is 5.82 Å². The molecule has 0 saturated carbocycles. The van der Waals surface area contributed by atoms with Crippen molar-refractivity contribution in [2.45, 2.75) is 13.0 Å². The normalized spacial score (nSPS) is 16.6. The van der Waals surface area contributed by atoms with Crippen molar-refractivity contribution in [3.8, 4) is 11.1 Å². The van der Waals surface area contributed by atoms with Crippen LogP contribution >= 0.6 is 0 Å². The number of halogens is 1. The van der Waals surface area contributed by atoms with Crippen LogP contribution in [0.15, 0.2) is 42.9 Å². The fourth-order valence-corrected chi connectivity index (χ4v) is 2.99. The average molecular weight is 369 g/mol. The van der Waals surface area contributed by atoms with E-state index in [4.69, 9.17) is 4.74 Å². The van der Waals surface area contributed by atoms with E-state index in [1.807, 2.05) is 0 Å². The zero-order chi connectivity index (χ0) is 19.0. The number of hydrogen-bond acceptors (Lipinski definition) is 5. The molecule has 1 aliphatic heterocycles. The van der Waals surface area contributed by atoms with E-state index in [-0.39, 0.29) is 19.0 Å². The predicted molar refractivity (Wildman–Crippen MR) is 94.7 cm³/mol. The van der Waals surface area contributed by atoms with E-state index in [1.165, 1.54) is 24.2 Å². The fourth-order valence-electron chi connectivity index (χ4n) is 2.99. The van der Waals surface area contributed by atoms with Crippen molar-refractivity contribution in [3.63, 3.8) is 0 Å². The third-order valence-corrected chi connectivity index (χ3v) is 4.31. The number of carbonyl (C=O) groups is 2. The maximum atomic E-state index is 14.7. The molecule has 0 aliphatic carbocycles. The third kappa shape index (κ3) is 3.31. The summed E-state index contributed by atoms with van der Waals surface area (Å²) in [7, 11) is 0. The first kappa shape index (κ1) is 17.0. The number of ether oxygens (including phenoxy) is 1. The van der Waals surface area contributed by atoms with Gasteiger partial charge in [-0.05, 0) is 35.9 Å². The Labute approximate surface area is 153 Å². The minimum atomic E-state index is -0.567. The zero-order valence-electron chi connectivity index (χ0n) is 14.4. The monoisotopic (exact) mass is 369 g/mol. The zero-order valence-corrected chi connectivity index (χ0v) is 14.4. The Bertz CT molecular complexity index is 1030.